The first kappa shape index (κ1) is 17.7. The van der Waals surface area contributed by atoms with Gasteiger partial charge >= 0.3 is 18.9 Å². The van der Waals surface area contributed by atoms with Crippen molar-refractivity contribution >= 4 is 17.6 Å². The molecule has 1 aromatic rings. The van der Waals surface area contributed by atoms with E-state index >= 15 is 0 Å². The van der Waals surface area contributed by atoms with Gasteiger partial charge in [-0.25, -0.2) is 0 Å². The molecule has 114 valence electrons. The zero-order valence-electron chi connectivity index (χ0n) is 12.9. The second kappa shape index (κ2) is 7.27. The maximum Gasteiger partial charge on any atom is 1.00 e. The number of benzene rings is 1. The van der Waals surface area contributed by atoms with Crippen LogP contribution in [0.1, 0.15) is 32.1 Å². The van der Waals surface area contributed by atoms with E-state index in [2.05, 4.69) is 0 Å². The first-order valence-corrected chi connectivity index (χ1v) is 7.87. The number of carboxylic acids is 1. The number of carbonyl (C=O) groups excluding carboxylic acids is 1. The summed E-state index contributed by atoms with van der Waals surface area (Å²) in [6.07, 6.45) is 4.16. The van der Waals surface area contributed by atoms with E-state index in [9.17, 15) is 9.90 Å². The van der Waals surface area contributed by atoms with Crippen LogP contribution in [-0.4, -0.2) is 35.6 Å². The first-order valence-electron chi connectivity index (χ1n) is 7.49. The van der Waals surface area contributed by atoms with E-state index < -0.39 is 11.5 Å². The first-order chi connectivity index (χ1) is 10.1. The minimum Gasteiger partial charge on any atom is -0.548 e. The molecule has 4 nitrogen and oxygen atoms in total. The molecule has 0 unspecified atom stereocenters. The van der Waals surface area contributed by atoms with E-state index in [-0.39, 0.29) is 25.0 Å². The Morgan fingerprint density at radius 3 is 2.73 bits per heavy atom. The molecule has 0 aromatic heterocycles. The molecule has 3 rings (SSSR count). The van der Waals surface area contributed by atoms with Crippen LogP contribution in [0, 0.1) is 0 Å². The average Bonchev–Trinajstić information content (AvgIpc) is 3.07. The summed E-state index contributed by atoms with van der Waals surface area (Å²) in [5, 5.41) is 12.3. The van der Waals surface area contributed by atoms with Crippen LogP contribution in [-0.2, 0) is 4.79 Å². The van der Waals surface area contributed by atoms with Gasteiger partial charge in [0, 0.05) is 18.1 Å². The van der Waals surface area contributed by atoms with Crippen LogP contribution < -0.4 is 28.7 Å². The fourth-order valence-electron chi connectivity index (χ4n) is 3.56. The maximum absolute atomic E-state index is 11.6. The van der Waals surface area contributed by atoms with Crippen LogP contribution in [0.25, 0.3) is 0 Å². The predicted molar refractivity (Wildman–Crippen MR) is 78.3 cm³/mol. The van der Waals surface area contributed by atoms with Gasteiger partial charge in [-0.3, -0.25) is 4.90 Å². The van der Waals surface area contributed by atoms with Crippen molar-refractivity contribution in [1.82, 2.24) is 4.90 Å². The van der Waals surface area contributed by atoms with Gasteiger partial charge in [-0.15, -0.1) is 0 Å². The number of rotatable bonds is 4. The van der Waals surface area contributed by atoms with Crippen molar-refractivity contribution in [3.05, 3.63) is 29.3 Å². The third-order valence-corrected chi connectivity index (χ3v) is 4.89. The molecule has 1 aliphatic carbocycles. The number of hydrogen-bond acceptors (Lipinski definition) is 4. The molecule has 0 bridgehead atoms. The molecular weight excluding hydrogens is 297 g/mol. The Balaban J connectivity index is 0.00000176. The molecule has 0 spiro atoms. The van der Waals surface area contributed by atoms with Crippen LogP contribution in [0.2, 0.25) is 5.02 Å². The summed E-state index contributed by atoms with van der Waals surface area (Å²) in [5.41, 5.74) is -0.771. The maximum atomic E-state index is 11.6. The van der Waals surface area contributed by atoms with Crippen LogP contribution in [0.5, 0.6) is 5.75 Å². The quantitative estimate of drug-likeness (QED) is 0.659. The van der Waals surface area contributed by atoms with Crippen molar-refractivity contribution in [1.29, 1.82) is 0 Å². The summed E-state index contributed by atoms with van der Waals surface area (Å²) >= 11 is 5.95. The molecule has 6 heteroatoms. The van der Waals surface area contributed by atoms with Gasteiger partial charge < -0.3 is 14.6 Å². The molecule has 1 saturated carbocycles. The summed E-state index contributed by atoms with van der Waals surface area (Å²) < 4.78 is 5.93. The Morgan fingerprint density at radius 2 is 2.09 bits per heavy atom. The van der Waals surface area contributed by atoms with Crippen molar-refractivity contribution in [2.45, 2.75) is 43.7 Å². The van der Waals surface area contributed by atoms with E-state index in [4.69, 9.17) is 16.3 Å². The molecule has 2 aliphatic rings. The number of likely N-dealkylation sites (tertiary alicyclic amines) is 1. The van der Waals surface area contributed by atoms with Crippen molar-refractivity contribution in [2.24, 2.45) is 0 Å². The Morgan fingerprint density at radius 1 is 1.36 bits per heavy atom. The summed E-state index contributed by atoms with van der Waals surface area (Å²) in [4.78, 5) is 13.7. The Hall–Kier alpha value is -0.663. The molecule has 1 aliphatic heterocycles. The normalized spacial score (nSPS) is 24.0. The smallest absolute Gasteiger partial charge is 0.548 e. The van der Waals surface area contributed by atoms with E-state index in [0.29, 0.717) is 24.4 Å². The zero-order chi connectivity index (χ0) is 14.9. The summed E-state index contributed by atoms with van der Waals surface area (Å²) in [7, 11) is 0. The molecule has 0 amide bonds. The fraction of sp³-hybridized carbons (Fsp3) is 0.562. The van der Waals surface area contributed by atoms with Crippen molar-refractivity contribution in [2.75, 3.05) is 13.1 Å². The second-order valence-electron chi connectivity index (χ2n) is 5.96. The summed E-state index contributed by atoms with van der Waals surface area (Å²) in [5.74, 6) is -0.188. The van der Waals surface area contributed by atoms with E-state index in [1.807, 2.05) is 17.0 Å². The largest absolute Gasteiger partial charge is 1.00 e. The Labute approximate surface area is 147 Å². The number of halogens is 1. The summed E-state index contributed by atoms with van der Waals surface area (Å²) in [6, 6.07) is 7.32. The molecule has 0 N–H and O–H groups in total. The van der Waals surface area contributed by atoms with Gasteiger partial charge in [0.2, 0.25) is 0 Å². The van der Waals surface area contributed by atoms with E-state index in [1.54, 1.807) is 12.1 Å². The number of nitrogens with zero attached hydrogens (tertiary/aromatic N) is 1. The number of carbonyl (C=O) groups is 1. The number of carboxylic acid groups (broad SMARTS) is 1. The van der Waals surface area contributed by atoms with E-state index in [1.165, 1.54) is 0 Å². The second-order valence-corrected chi connectivity index (χ2v) is 6.39. The monoisotopic (exact) mass is 315 g/mol. The van der Waals surface area contributed by atoms with Crippen LogP contribution in [0.3, 0.4) is 0 Å². The summed E-state index contributed by atoms with van der Waals surface area (Å²) in [6.45, 7) is 1.39. The molecule has 1 heterocycles. The SMILES string of the molecule is O=C([O-])C1(N2CC[C@@H](Oc3cccc(Cl)c3)C2)CCCC1.[Li+]. The van der Waals surface area contributed by atoms with Crippen molar-refractivity contribution in [3.8, 4) is 5.75 Å². The van der Waals surface area contributed by atoms with Gasteiger partial charge in [-0.2, -0.15) is 0 Å². The zero-order valence-corrected chi connectivity index (χ0v) is 13.6. The van der Waals surface area contributed by atoms with Crippen LogP contribution >= 0.6 is 11.6 Å². The van der Waals surface area contributed by atoms with Gasteiger partial charge in [0.05, 0.1) is 11.5 Å². The standard InChI is InChI=1S/C16H20ClNO3.Li/c17-12-4-3-5-13(10-12)21-14-6-9-18(11-14)16(15(19)20)7-1-2-8-16;/h3-5,10,14H,1-2,6-9,11H2,(H,19,20);/q;+1/p-1/t14-;/m1./s1. The van der Waals surface area contributed by atoms with Gasteiger partial charge in [0.15, 0.2) is 0 Å². The van der Waals surface area contributed by atoms with Gasteiger partial charge in [-0.05, 0) is 37.5 Å². The molecule has 1 aromatic carbocycles. The van der Waals surface area contributed by atoms with Crippen molar-refractivity contribution in [3.63, 3.8) is 0 Å². The van der Waals surface area contributed by atoms with E-state index in [0.717, 1.165) is 31.6 Å². The third kappa shape index (κ3) is 3.46. The number of aliphatic carboxylic acids is 1. The minimum absolute atomic E-state index is 0. The Bertz CT molecular complexity index is 534. The topological polar surface area (TPSA) is 52.6 Å². The number of ether oxygens (including phenoxy) is 1. The Kier molecular flexibility index (Phi) is 5.85. The molecule has 1 saturated heterocycles. The molecule has 2 fully saturated rings. The van der Waals surface area contributed by atoms with Crippen LogP contribution in [0.15, 0.2) is 24.3 Å². The minimum atomic E-state index is -0.927. The van der Waals surface area contributed by atoms with Gasteiger partial charge in [0.25, 0.3) is 0 Å². The third-order valence-electron chi connectivity index (χ3n) is 4.66. The van der Waals surface area contributed by atoms with Crippen molar-refractivity contribution < 1.29 is 33.5 Å². The average molecular weight is 316 g/mol. The predicted octanol–water partition coefficient (Wildman–Crippen LogP) is -1.14. The molecular formula is C16H19ClLiNO3. The fourth-order valence-corrected chi connectivity index (χ4v) is 3.74. The van der Waals surface area contributed by atoms with Crippen LogP contribution in [0.4, 0.5) is 0 Å². The molecule has 0 radical (unpaired) electrons. The molecule has 1 atom stereocenters. The molecule has 22 heavy (non-hydrogen) atoms. The van der Waals surface area contributed by atoms with Gasteiger partial charge in [0.1, 0.15) is 11.9 Å². The number of hydrogen-bond donors (Lipinski definition) is 0. The van der Waals surface area contributed by atoms with Gasteiger partial charge in [-0.1, -0.05) is 30.5 Å².